The van der Waals surface area contributed by atoms with Crippen LogP contribution in [0.5, 0.6) is 5.75 Å². The van der Waals surface area contributed by atoms with Crippen LogP contribution in [0.25, 0.3) is 0 Å². The average molecular weight is 219 g/mol. The lowest BCUT2D eigenvalue weighted by Gasteiger charge is -2.18. The molecule has 0 spiro atoms. The van der Waals surface area contributed by atoms with Gasteiger partial charge in [0.2, 0.25) is 0 Å². The fourth-order valence-electron chi connectivity index (χ4n) is 2.53. The van der Waals surface area contributed by atoms with Gasteiger partial charge in [0.1, 0.15) is 5.75 Å². The molecule has 1 aliphatic rings. The topological polar surface area (TPSA) is 21.3 Å². The third-order valence-corrected chi connectivity index (χ3v) is 3.43. The molecule has 0 radical (unpaired) electrons. The van der Waals surface area contributed by atoms with E-state index in [1.807, 2.05) is 6.92 Å². The van der Waals surface area contributed by atoms with Gasteiger partial charge in [0.25, 0.3) is 0 Å². The van der Waals surface area contributed by atoms with Gasteiger partial charge >= 0.3 is 0 Å². The van der Waals surface area contributed by atoms with Gasteiger partial charge in [-0.2, -0.15) is 0 Å². The Morgan fingerprint density at radius 3 is 2.62 bits per heavy atom. The van der Waals surface area contributed by atoms with Crippen molar-refractivity contribution in [2.45, 2.75) is 32.7 Å². The monoisotopic (exact) mass is 219 g/mol. The lowest BCUT2D eigenvalue weighted by atomic mass is 9.92. The second-order valence-corrected chi connectivity index (χ2v) is 4.39. The van der Waals surface area contributed by atoms with E-state index in [1.165, 1.54) is 18.4 Å². The highest BCUT2D eigenvalue weighted by atomic mass is 16.5. The van der Waals surface area contributed by atoms with E-state index in [9.17, 15) is 0 Å². The molecule has 16 heavy (non-hydrogen) atoms. The zero-order chi connectivity index (χ0) is 11.4. The molecule has 1 aromatic rings. The van der Waals surface area contributed by atoms with E-state index in [0.717, 1.165) is 24.8 Å². The van der Waals surface area contributed by atoms with Crippen molar-refractivity contribution in [3.63, 3.8) is 0 Å². The van der Waals surface area contributed by atoms with Gasteiger partial charge in [-0.25, -0.2) is 0 Å². The molecule has 2 nitrogen and oxygen atoms in total. The summed E-state index contributed by atoms with van der Waals surface area (Å²) in [5.41, 5.74) is 1.40. The maximum Gasteiger partial charge on any atom is 0.119 e. The highest BCUT2D eigenvalue weighted by Crippen LogP contribution is 2.32. The van der Waals surface area contributed by atoms with Gasteiger partial charge in [-0.15, -0.1) is 0 Å². The van der Waals surface area contributed by atoms with Crippen LogP contribution in [0.4, 0.5) is 0 Å². The first kappa shape index (κ1) is 11.5. The summed E-state index contributed by atoms with van der Waals surface area (Å²) in [6, 6.07) is 9.07. The number of hydrogen-bond donors (Lipinski definition) is 1. The van der Waals surface area contributed by atoms with Crippen LogP contribution in [0.2, 0.25) is 0 Å². The molecule has 0 amide bonds. The summed E-state index contributed by atoms with van der Waals surface area (Å²) < 4.78 is 5.46. The van der Waals surface area contributed by atoms with Crippen LogP contribution in [0.1, 0.15) is 38.3 Å². The van der Waals surface area contributed by atoms with Crippen LogP contribution in [-0.4, -0.2) is 13.2 Å². The first-order valence-corrected chi connectivity index (χ1v) is 6.31. The third-order valence-electron chi connectivity index (χ3n) is 3.43. The number of nitrogens with one attached hydrogen (secondary N) is 1. The van der Waals surface area contributed by atoms with Crippen molar-refractivity contribution in [1.82, 2.24) is 5.32 Å². The first-order valence-electron chi connectivity index (χ1n) is 6.31. The molecular formula is C14H21NO. The van der Waals surface area contributed by atoms with Crippen molar-refractivity contribution in [3.8, 4) is 5.75 Å². The quantitative estimate of drug-likeness (QED) is 0.840. The van der Waals surface area contributed by atoms with Gasteiger partial charge in [0.05, 0.1) is 6.61 Å². The molecule has 1 N–H and O–H groups in total. The van der Waals surface area contributed by atoms with Gasteiger partial charge in [-0.05, 0) is 43.5 Å². The maximum absolute atomic E-state index is 5.46. The summed E-state index contributed by atoms with van der Waals surface area (Å²) in [5.74, 6) is 1.76. The van der Waals surface area contributed by atoms with Crippen LogP contribution in [-0.2, 0) is 0 Å². The zero-order valence-electron chi connectivity index (χ0n) is 10.2. The Balaban J connectivity index is 2.08. The minimum Gasteiger partial charge on any atom is -0.494 e. The van der Waals surface area contributed by atoms with Crippen LogP contribution < -0.4 is 10.1 Å². The highest BCUT2D eigenvalue weighted by molar-refractivity contribution is 5.30. The molecule has 2 unspecified atom stereocenters. The predicted molar refractivity (Wildman–Crippen MR) is 66.8 cm³/mol. The second kappa shape index (κ2) is 5.35. The van der Waals surface area contributed by atoms with Crippen molar-refractivity contribution in [2.24, 2.45) is 5.92 Å². The lowest BCUT2D eigenvalue weighted by Crippen LogP contribution is -2.17. The van der Waals surface area contributed by atoms with Gasteiger partial charge in [-0.3, -0.25) is 0 Å². The molecular weight excluding hydrogens is 198 g/mol. The standard InChI is InChI=1S/C14H21NO/c1-3-11-9-10-15-14(11)12-5-7-13(8-6-12)16-4-2/h5-8,11,14-15H,3-4,9-10H2,1-2H3. The molecule has 1 fully saturated rings. The molecule has 2 atom stereocenters. The van der Waals surface area contributed by atoms with Gasteiger partial charge in [0.15, 0.2) is 0 Å². The number of rotatable bonds is 4. The molecule has 88 valence electrons. The van der Waals surface area contributed by atoms with Gasteiger partial charge < -0.3 is 10.1 Å². The van der Waals surface area contributed by atoms with Gasteiger partial charge in [0, 0.05) is 6.04 Å². The normalized spacial score (nSPS) is 24.6. The van der Waals surface area contributed by atoms with E-state index in [2.05, 4.69) is 36.5 Å². The molecule has 2 rings (SSSR count). The van der Waals surface area contributed by atoms with E-state index in [4.69, 9.17) is 4.74 Å². The summed E-state index contributed by atoms with van der Waals surface area (Å²) in [4.78, 5) is 0. The molecule has 0 aromatic heterocycles. The van der Waals surface area contributed by atoms with E-state index in [0.29, 0.717) is 6.04 Å². The molecule has 1 aromatic carbocycles. The Morgan fingerprint density at radius 1 is 1.25 bits per heavy atom. The molecule has 0 saturated carbocycles. The Labute approximate surface area is 98.0 Å². The summed E-state index contributed by atoms with van der Waals surface area (Å²) in [6.45, 7) is 6.17. The Hall–Kier alpha value is -1.02. The maximum atomic E-state index is 5.46. The minimum atomic E-state index is 0.542. The van der Waals surface area contributed by atoms with E-state index < -0.39 is 0 Å². The van der Waals surface area contributed by atoms with Crippen molar-refractivity contribution in [3.05, 3.63) is 29.8 Å². The van der Waals surface area contributed by atoms with Crippen LogP contribution >= 0.6 is 0 Å². The Kier molecular flexibility index (Phi) is 3.83. The largest absolute Gasteiger partial charge is 0.494 e. The zero-order valence-corrected chi connectivity index (χ0v) is 10.2. The van der Waals surface area contributed by atoms with E-state index >= 15 is 0 Å². The molecule has 1 aliphatic heterocycles. The lowest BCUT2D eigenvalue weighted by molar-refractivity contribution is 0.340. The van der Waals surface area contributed by atoms with Crippen LogP contribution in [0.15, 0.2) is 24.3 Å². The number of benzene rings is 1. The Bertz CT molecular complexity index is 320. The van der Waals surface area contributed by atoms with Gasteiger partial charge in [-0.1, -0.05) is 25.5 Å². The molecule has 2 heteroatoms. The van der Waals surface area contributed by atoms with E-state index in [1.54, 1.807) is 0 Å². The first-order chi connectivity index (χ1) is 7.85. The fraction of sp³-hybridized carbons (Fsp3) is 0.571. The summed E-state index contributed by atoms with van der Waals surface area (Å²) >= 11 is 0. The van der Waals surface area contributed by atoms with Crippen LogP contribution in [0, 0.1) is 5.92 Å². The predicted octanol–water partition coefficient (Wildman–Crippen LogP) is 3.15. The molecule has 0 bridgehead atoms. The van der Waals surface area contributed by atoms with Crippen molar-refractivity contribution >= 4 is 0 Å². The summed E-state index contributed by atoms with van der Waals surface area (Å²) in [6.07, 6.45) is 2.55. The molecule has 0 aliphatic carbocycles. The van der Waals surface area contributed by atoms with Crippen molar-refractivity contribution in [1.29, 1.82) is 0 Å². The highest BCUT2D eigenvalue weighted by Gasteiger charge is 2.26. The molecule has 1 saturated heterocycles. The van der Waals surface area contributed by atoms with Crippen molar-refractivity contribution in [2.75, 3.05) is 13.2 Å². The SMILES string of the molecule is CCOc1ccc(C2NCCC2CC)cc1. The summed E-state index contributed by atoms with van der Waals surface area (Å²) in [7, 11) is 0. The summed E-state index contributed by atoms with van der Waals surface area (Å²) in [5, 5.41) is 3.58. The van der Waals surface area contributed by atoms with Crippen molar-refractivity contribution < 1.29 is 4.74 Å². The second-order valence-electron chi connectivity index (χ2n) is 4.39. The average Bonchev–Trinajstić information content (AvgIpc) is 2.78. The number of ether oxygens (including phenoxy) is 1. The third kappa shape index (κ3) is 2.38. The van der Waals surface area contributed by atoms with Crippen LogP contribution in [0.3, 0.4) is 0 Å². The Morgan fingerprint density at radius 2 is 2.00 bits per heavy atom. The number of hydrogen-bond acceptors (Lipinski definition) is 2. The smallest absolute Gasteiger partial charge is 0.119 e. The minimum absolute atomic E-state index is 0.542. The van der Waals surface area contributed by atoms with E-state index in [-0.39, 0.29) is 0 Å². The molecule has 1 heterocycles. The fourth-order valence-corrected chi connectivity index (χ4v) is 2.53.